The van der Waals surface area contributed by atoms with Crippen molar-refractivity contribution in [3.05, 3.63) is 40.6 Å². The lowest BCUT2D eigenvalue weighted by atomic mass is 10.2. The summed E-state index contributed by atoms with van der Waals surface area (Å²) in [5.41, 5.74) is 1.53. The third kappa shape index (κ3) is 3.48. The molecule has 0 fully saturated rings. The number of hydrogen-bond acceptors (Lipinski definition) is 7. The zero-order chi connectivity index (χ0) is 20.6. The highest BCUT2D eigenvalue weighted by molar-refractivity contribution is 7.89. The monoisotopic (exact) mass is 430 g/mol. The highest BCUT2D eigenvalue weighted by atomic mass is 32.2. The predicted octanol–water partition coefficient (Wildman–Crippen LogP) is 2.85. The van der Waals surface area contributed by atoms with Gasteiger partial charge in [-0.3, -0.25) is 10.1 Å². The second-order valence-corrected chi connectivity index (χ2v) is 9.07. The Balaban J connectivity index is 1.73. The molecule has 3 aromatic heterocycles. The maximum atomic E-state index is 12.8. The second kappa shape index (κ2) is 7.50. The van der Waals surface area contributed by atoms with E-state index in [1.807, 2.05) is 0 Å². The molecule has 3 heterocycles. The molecule has 0 aliphatic carbocycles. The summed E-state index contributed by atoms with van der Waals surface area (Å²) >= 11 is 1.31. The Morgan fingerprint density at radius 3 is 2.69 bits per heavy atom. The van der Waals surface area contributed by atoms with Crippen LogP contribution in [0.25, 0.3) is 22.1 Å². The van der Waals surface area contributed by atoms with E-state index in [1.165, 1.54) is 15.6 Å². The molecule has 0 aliphatic heterocycles. The Morgan fingerprint density at radius 1 is 1.21 bits per heavy atom. The van der Waals surface area contributed by atoms with E-state index < -0.39 is 10.0 Å². The summed E-state index contributed by atoms with van der Waals surface area (Å²) in [4.78, 5) is 20.3. The van der Waals surface area contributed by atoms with Crippen LogP contribution in [0.3, 0.4) is 0 Å². The molecule has 0 aliphatic rings. The fourth-order valence-electron chi connectivity index (χ4n) is 3.05. The summed E-state index contributed by atoms with van der Waals surface area (Å²) < 4.78 is 27.0. The van der Waals surface area contributed by atoms with Gasteiger partial charge >= 0.3 is 0 Å². The average molecular weight is 431 g/mol. The van der Waals surface area contributed by atoms with Gasteiger partial charge in [0.2, 0.25) is 10.0 Å². The van der Waals surface area contributed by atoms with Crippen molar-refractivity contribution >= 4 is 55.3 Å². The third-order valence-corrected chi connectivity index (χ3v) is 7.41. The molecule has 1 amide bonds. The minimum absolute atomic E-state index is 0.0680. The van der Waals surface area contributed by atoms with Crippen LogP contribution in [0, 0.1) is 0 Å². The molecule has 0 radical (unpaired) electrons. The number of benzene rings is 1. The molecule has 11 heteroatoms. The second-order valence-electron chi connectivity index (χ2n) is 6.19. The number of carbonyl (C=O) groups is 1. The maximum Gasteiger partial charge on any atom is 0.268 e. The molecule has 1 aromatic carbocycles. The van der Waals surface area contributed by atoms with E-state index in [0.29, 0.717) is 40.0 Å². The Hall–Kier alpha value is -2.89. The van der Waals surface area contributed by atoms with Gasteiger partial charge < -0.3 is 4.98 Å². The molecular formula is C18H18N6O3S2. The standard InChI is InChI=1S/C18H18N6O3S2/c1-3-24(4-2)29(26,27)11-7-8-13-12(10-11)15-16(19-13)20-18(23-22-15)21-17(25)14-6-5-9-28-14/h5-10H,3-4H2,1-2H3,(H2,19,20,21,23,25). The van der Waals surface area contributed by atoms with Gasteiger partial charge in [-0.2, -0.15) is 9.29 Å². The van der Waals surface area contributed by atoms with Crippen molar-refractivity contribution in [1.82, 2.24) is 24.5 Å². The third-order valence-electron chi connectivity index (χ3n) is 4.50. The molecule has 2 N–H and O–H groups in total. The van der Waals surface area contributed by atoms with Crippen molar-refractivity contribution in [1.29, 1.82) is 0 Å². The fraction of sp³-hybridized carbons (Fsp3) is 0.222. The molecule has 0 saturated carbocycles. The lowest BCUT2D eigenvalue weighted by molar-refractivity contribution is 0.102. The van der Waals surface area contributed by atoms with E-state index >= 15 is 0 Å². The normalized spacial score (nSPS) is 12.1. The number of aromatic nitrogens is 4. The van der Waals surface area contributed by atoms with Gasteiger partial charge in [-0.15, -0.1) is 21.5 Å². The predicted molar refractivity (Wildman–Crippen MR) is 112 cm³/mol. The molecule has 0 spiro atoms. The van der Waals surface area contributed by atoms with Crippen molar-refractivity contribution < 1.29 is 13.2 Å². The van der Waals surface area contributed by atoms with Crippen LogP contribution in [0.1, 0.15) is 23.5 Å². The van der Waals surface area contributed by atoms with Crippen LogP contribution in [-0.4, -0.2) is 51.9 Å². The van der Waals surface area contributed by atoms with E-state index in [0.717, 1.165) is 0 Å². The molecule has 0 bridgehead atoms. The Morgan fingerprint density at radius 2 is 2.00 bits per heavy atom. The topological polar surface area (TPSA) is 121 Å². The number of sulfonamides is 1. The molecule has 4 rings (SSSR count). The van der Waals surface area contributed by atoms with Crippen LogP contribution in [-0.2, 0) is 10.0 Å². The molecule has 4 aromatic rings. The van der Waals surface area contributed by atoms with Crippen LogP contribution in [0.15, 0.2) is 40.6 Å². The number of thiophene rings is 1. The van der Waals surface area contributed by atoms with Crippen molar-refractivity contribution in [3.8, 4) is 0 Å². The first-order chi connectivity index (χ1) is 13.9. The Bertz CT molecular complexity index is 1290. The van der Waals surface area contributed by atoms with Crippen LogP contribution < -0.4 is 5.32 Å². The van der Waals surface area contributed by atoms with Gasteiger partial charge in [0.1, 0.15) is 5.52 Å². The average Bonchev–Trinajstić information content (AvgIpc) is 3.36. The van der Waals surface area contributed by atoms with E-state index in [1.54, 1.807) is 49.6 Å². The molecular weight excluding hydrogens is 412 g/mol. The summed E-state index contributed by atoms with van der Waals surface area (Å²) in [5, 5.41) is 13.1. The van der Waals surface area contributed by atoms with Crippen molar-refractivity contribution in [2.24, 2.45) is 0 Å². The first kappa shape index (κ1) is 19.4. The number of anilines is 1. The smallest absolute Gasteiger partial charge is 0.268 e. The highest BCUT2D eigenvalue weighted by Crippen LogP contribution is 2.27. The minimum atomic E-state index is -3.59. The molecule has 150 valence electrons. The van der Waals surface area contributed by atoms with Crippen LogP contribution in [0.5, 0.6) is 0 Å². The minimum Gasteiger partial charge on any atom is -0.338 e. The van der Waals surface area contributed by atoms with Crippen LogP contribution >= 0.6 is 11.3 Å². The first-order valence-electron chi connectivity index (χ1n) is 8.95. The fourth-order valence-corrected chi connectivity index (χ4v) is 5.15. The number of carbonyl (C=O) groups excluding carboxylic acids is 1. The quantitative estimate of drug-likeness (QED) is 0.485. The summed E-state index contributed by atoms with van der Waals surface area (Å²) in [6.45, 7) is 4.37. The summed E-state index contributed by atoms with van der Waals surface area (Å²) in [5.74, 6) is -0.247. The van der Waals surface area contributed by atoms with E-state index in [-0.39, 0.29) is 16.8 Å². The number of fused-ring (bicyclic) bond motifs is 3. The van der Waals surface area contributed by atoms with Gasteiger partial charge in [0.05, 0.1) is 9.77 Å². The van der Waals surface area contributed by atoms with Crippen molar-refractivity contribution in [3.63, 3.8) is 0 Å². The largest absolute Gasteiger partial charge is 0.338 e. The summed E-state index contributed by atoms with van der Waals surface area (Å²) in [6.07, 6.45) is 0. The number of hydrogen-bond donors (Lipinski definition) is 2. The number of rotatable bonds is 6. The van der Waals surface area contributed by atoms with Gasteiger partial charge in [-0.25, -0.2) is 8.42 Å². The van der Waals surface area contributed by atoms with E-state index in [9.17, 15) is 13.2 Å². The van der Waals surface area contributed by atoms with Crippen LogP contribution in [0.2, 0.25) is 0 Å². The van der Waals surface area contributed by atoms with Crippen molar-refractivity contribution in [2.75, 3.05) is 18.4 Å². The van der Waals surface area contributed by atoms with E-state index in [2.05, 4.69) is 25.5 Å². The number of H-pyrrole nitrogens is 1. The van der Waals surface area contributed by atoms with Gasteiger partial charge in [0.25, 0.3) is 11.9 Å². The molecule has 9 nitrogen and oxygen atoms in total. The summed E-state index contributed by atoms with van der Waals surface area (Å²) in [7, 11) is -3.59. The number of nitrogens with one attached hydrogen (secondary N) is 2. The zero-order valence-corrected chi connectivity index (χ0v) is 17.3. The number of aromatic amines is 1. The maximum absolute atomic E-state index is 12.8. The first-order valence-corrected chi connectivity index (χ1v) is 11.3. The Kier molecular flexibility index (Phi) is 5.03. The van der Waals surface area contributed by atoms with E-state index in [4.69, 9.17) is 0 Å². The lowest BCUT2D eigenvalue weighted by Crippen LogP contribution is -2.30. The molecule has 29 heavy (non-hydrogen) atoms. The summed E-state index contributed by atoms with van der Waals surface area (Å²) in [6, 6.07) is 8.29. The van der Waals surface area contributed by atoms with Gasteiger partial charge in [0.15, 0.2) is 5.65 Å². The Labute approximate surface area is 170 Å². The van der Waals surface area contributed by atoms with Gasteiger partial charge in [-0.1, -0.05) is 19.9 Å². The molecule has 0 saturated heterocycles. The molecule has 0 unspecified atom stereocenters. The number of amides is 1. The van der Waals surface area contributed by atoms with Crippen molar-refractivity contribution in [2.45, 2.75) is 18.7 Å². The molecule has 0 atom stereocenters. The number of nitrogens with zero attached hydrogens (tertiary/aromatic N) is 4. The lowest BCUT2D eigenvalue weighted by Gasteiger charge is -2.18. The van der Waals surface area contributed by atoms with Gasteiger partial charge in [0, 0.05) is 24.0 Å². The van der Waals surface area contributed by atoms with Crippen LogP contribution in [0.4, 0.5) is 5.95 Å². The zero-order valence-electron chi connectivity index (χ0n) is 15.7. The highest BCUT2D eigenvalue weighted by Gasteiger charge is 2.23. The van der Waals surface area contributed by atoms with Gasteiger partial charge in [-0.05, 0) is 29.6 Å². The SMILES string of the molecule is CCN(CC)S(=O)(=O)c1ccc2[nH]c3nc(NC(=O)c4cccs4)nnc3c2c1.